The molecule has 3 rings (SSSR count). The van der Waals surface area contributed by atoms with Crippen LogP contribution in [0.2, 0.25) is 0 Å². The Hall–Kier alpha value is -1.85. The molecule has 0 atom stereocenters. The molecule has 1 aromatic carbocycles. The second-order valence-electron chi connectivity index (χ2n) is 7.75. The molecule has 0 saturated carbocycles. The van der Waals surface area contributed by atoms with E-state index in [2.05, 4.69) is 28.8 Å². The summed E-state index contributed by atoms with van der Waals surface area (Å²) in [4.78, 5) is 14.9. The lowest BCUT2D eigenvalue weighted by molar-refractivity contribution is 0.0758. The van der Waals surface area contributed by atoms with Crippen molar-refractivity contribution in [2.45, 2.75) is 48.8 Å². The smallest absolute Gasteiger partial charge is 0.263 e. The number of nitrogens with zero attached hydrogens (tertiary/aromatic N) is 3. The quantitative estimate of drug-likeness (QED) is 0.563. The van der Waals surface area contributed by atoms with Crippen molar-refractivity contribution in [2.75, 3.05) is 30.7 Å². The van der Waals surface area contributed by atoms with Crippen molar-refractivity contribution in [3.8, 4) is 5.75 Å². The van der Waals surface area contributed by atoms with E-state index in [0.717, 1.165) is 31.4 Å². The van der Waals surface area contributed by atoms with Crippen molar-refractivity contribution < 1.29 is 17.9 Å². The third kappa shape index (κ3) is 6.33. The summed E-state index contributed by atoms with van der Waals surface area (Å²) in [5.74, 6) is 1.52. The van der Waals surface area contributed by atoms with Gasteiger partial charge in [-0.3, -0.25) is 9.52 Å². The molecule has 8 nitrogen and oxygen atoms in total. The molecule has 1 aliphatic rings. The minimum atomic E-state index is -3.93. The van der Waals surface area contributed by atoms with Gasteiger partial charge >= 0.3 is 0 Å². The molecule has 0 unspecified atom stereocenters. The number of likely N-dealkylation sites (tertiary alicyclic amines) is 1. The first-order valence-electron chi connectivity index (χ1n) is 10.3. The first kappa shape index (κ1) is 23.8. The number of rotatable bonds is 8. The van der Waals surface area contributed by atoms with Gasteiger partial charge in [-0.15, -0.1) is 10.2 Å². The number of thioether (sulfide) groups is 1. The number of amides is 1. The fraction of sp³-hybridized carbons (Fsp3) is 0.550. The summed E-state index contributed by atoms with van der Waals surface area (Å²) in [5, 5.41) is 8.17. The minimum absolute atomic E-state index is 0.0157. The Morgan fingerprint density at radius 2 is 1.94 bits per heavy atom. The summed E-state index contributed by atoms with van der Waals surface area (Å²) in [6, 6.07) is 4.32. The topological polar surface area (TPSA) is 101 Å². The van der Waals surface area contributed by atoms with Crippen LogP contribution >= 0.6 is 23.1 Å². The number of carbonyl (C=O) groups is 1. The molecule has 170 valence electrons. The lowest BCUT2D eigenvalue weighted by atomic mass is 10.1. The number of sulfonamides is 1. The molecule has 1 fully saturated rings. The maximum Gasteiger partial charge on any atom is 0.263 e. The van der Waals surface area contributed by atoms with E-state index in [0.29, 0.717) is 29.1 Å². The molecule has 1 aromatic heterocycles. The zero-order valence-corrected chi connectivity index (χ0v) is 20.4. The van der Waals surface area contributed by atoms with Gasteiger partial charge in [-0.25, -0.2) is 8.42 Å². The van der Waals surface area contributed by atoms with Crippen LogP contribution in [0.15, 0.2) is 27.4 Å². The normalized spacial score (nSPS) is 15.0. The number of carbonyl (C=O) groups excluding carboxylic acids is 1. The summed E-state index contributed by atoms with van der Waals surface area (Å²) in [6.45, 7) is 5.54. The molecule has 2 aromatic rings. The van der Waals surface area contributed by atoms with Crippen LogP contribution in [0.25, 0.3) is 0 Å². The highest BCUT2D eigenvalue weighted by molar-refractivity contribution is 8.01. The fourth-order valence-electron chi connectivity index (χ4n) is 3.19. The monoisotopic (exact) mass is 484 g/mol. The van der Waals surface area contributed by atoms with Crippen LogP contribution in [0, 0.1) is 5.92 Å². The van der Waals surface area contributed by atoms with Crippen LogP contribution in [-0.2, 0) is 10.0 Å². The van der Waals surface area contributed by atoms with E-state index in [1.54, 1.807) is 16.7 Å². The molecule has 1 aliphatic heterocycles. The maximum absolute atomic E-state index is 13.1. The number of nitrogens with one attached hydrogen (secondary N) is 1. The van der Waals surface area contributed by atoms with Crippen LogP contribution in [0.3, 0.4) is 0 Å². The molecule has 0 spiro atoms. The summed E-state index contributed by atoms with van der Waals surface area (Å²) >= 11 is 2.73. The lowest BCUT2D eigenvalue weighted by Gasteiger charge is -2.22. The van der Waals surface area contributed by atoms with Crippen molar-refractivity contribution in [3.05, 3.63) is 23.8 Å². The Labute approximate surface area is 191 Å². The highest BCUT2D eigenvalue weighted by Gasteiger charge is 2.25. The molecular weight excluding hydrogens is 456 g/mol. The van der Waals surface area contributed by atoms with Crippen molar-refractivity contribution in [3.63, 3.8) is 0 Å². The Bertz CT molecular complexity index is 1000. The third-order valence-corrected chi connectivity index (χ3v) is 8.64. The van der Waals surface area contributed by atoms with E-state index < -0.39 is 10.0 Å². The van der Waals surface area contributed by atoms with Gasteiger partial charge in [-0.1, -0.05) is 49.8 Å². The fourth-order valence-corrected chi connectivity index (χ4v) is 6.17. The Morgan fingerprint density at radius 3 is 2.58 bits per heavy atom. The van der Waals surface area contributed by atoms with E-state index in [9.17, 15) is 13.2 Å². The van der Waals surface area contributed by atoms with Crippen molar-refractivity contribution in [1.29, 1.82) is 0 Å². The average Bonchev–Trinajstić information content (AvgIpc) is 3.00. The van der Waals surface area contributed by atoms with Gasteiger partial charge in [-0.05, 0) is 37.0 Å². The van der Waals surface area contributed by atoms with E-state index >= 15 is 0 Å². The average molecular weight is 485 g/mol. The summed E-state index contributed by atoms with van der Waals surface area (Å²) in [6.07, 6.45) is 4.08. The zero-order chi connectivity index (χ0) is 22.4. The maximum atomic E-state index is 13.1. The van der Waals surface area contributed by atoms with Gasteiger partial charge in [0.2, 0.25) is 5.13 Å². The molecule has 2 heterocycles. The lowest BCUT2D eigenvalue weighted by Crippen LogP contribution is -2.32. The minimum Gasteiger partial charge on any atom is -0.496 e. The summed E-state index contributed by atoms with van der Waals surface area (Å²) < 4.78 is 34.4. The molecule has 0 aliphatic carbocycles. The van der Waals surface area contributed by atoms with Crippen LogP contribution in [-0.4, -0.2) is 55.4 Å². The van der Waals surface area contributed by atoms with E-state index in [-0.39, 0.29) is 21.5 Å². The van der Waals surface area contributed by atoms with Crippen LogP contribution in [0.1, 0.15) is 49.9 Å². The standard InChI is InChI=1S/C20H28N4O4S3/c1-14(2)13-29-20-22-21-19(30-20)23-31(26,27)15-8-9-17(28-3)16(12-15)18(25)24-10-6-4-5-7-11-24/h8-9,12,14H,4-7,10-11,13H2,1-3H3,(H,21,23). The number of hydrogen-bond acceptors (Lipinski definition) is 8. The van der Waals surface area contributed by atoms with Gasteiger partial charge in [-0.2, -0.15) is 0 Å². The SMILES string of the molecule is COc1ccc(S(=O)(=O)Nc2nnc(SCC(C)C)s2)cc1C(=O)N1CCCCCC1. The summed E-state index contributed by atoms with van der Waals surface area (Å²) in [5.41, 5.74) is 0.248. The number of anilines is 1. The third-order valence-electron chi connectivity index (χ3n) is 4.77. The Balaban J connectivity index is 1.81. The molecule has 0 radical (unpaired) electrons. The zero-order valence-electron chi connectivity index (χ0n) is 18.0. The predicted molar refractivity (Wildman–Crippen MR) is 124 cm³/mol. The molecule has 1 amide bonds. The summed E-state index contributed by atoms with van der Waals surface area (Å²) in [7, 11) is -2.46. The van der Waals surface area contributed by atoms with Crippen molar-refractivity contribution in [1.82, 2.24) is 15.1 Å². The Kier molecular flexibility index (Phi) is 8.17. The first-order valence-corrected chi connectivity index (χ1v) is 13.5. The van der Waals surface area contributed by atoms with Gasteiger partial charge in [0.05, 0.1) is 17.6 Å². The Morgan fingerprint density at radius 1 is 1.23 bits per heavy atom. The molecule has 1 saturated heterocycles. The van der Waals surface area contributed by atoms with Crippen LogP contribution < -0.4 is 9.46 Å². The highest BCUT2D eigenvalue weighted by Crippen LogP contribution is 2.30. The number of methoxy groups -OCH3 is 1. The molecule has 0 bridgehead atoms. The van der Waals surface area contributed by atoms with Crippen molar-refractivity contribution in [2.24, 2.45) is 5.92 Å². The van der Waals surface area contributed by atoms with Gasteiger partial charge in [0.15, 0.2) is 4.34 Å². The van der Waals surface area contributed by atoms with E-state index in [4.69, 9.17) is 4.74 Å². The van der Waals surface area contributed by atoms with Crippen molar-refractivity contribution >= 4 is 44.2 Å². The number of hydrogen-bond donors (Lipinski definition) is 1. The van der Waals surface area contributed by atoms with Gasteiger partial charge in [0.25, 0.3) is 15.9 Å². The molecule has 1 N–H and O–H groups in total. The van der Waals surface area contributed by atoms with Crippen LogP contribution in [0.4, 0.5) is 5.13 Å². The van der Waals surface area contributed by atoms with Gasteiger partial charge in [0.1, 0.15) is 5.75 Å². The molecular formula is C20H28N4O4S3. The van der Waals surface area contributed by atoms with Crippen LogP contribution in [0.5, 0.6) is 5.75 Å². The van der Waals surface area contributed by atoms with E-state index in [1.807, 2.05) is 0 Å². The second-order valence-corrected chi connectivity index (χ2v) is 11.7. The largest absolute Gasteiger partial charge is 0.496 e. The first-order chi connectivity index (χ1) is 14.8. The number of ether oxygens (including phenoxy) is 1. The van der Waals surface area contributed by atoms with Gasteiger partial charge in [0, 0.05) is 18.8 Å². The highest BCUT2D eigenvalue weighted by atomic mass is 32.2. The number of aromatic nitrogens is 2. The molecule has 11 heteroatoms. The predicted octanol–water partition coefficient (Wildman–Crippen LogP) is 4.11. The van der Waals surface area contributed by atoms with E-state index in [1.165, 1.54) is 36.6 Å². The molecule has 31 heavy (non-hydrogen) atoms. The van der Waals surface area contributed by atoms with Gasteiger partial charge < -0.3 is 9.64 Å². The second kappa shape index (κ2) is 10.6. The number of benzene rings is 1.